The number of carbonyl (C=O) groups is 1. The number of nitrogens with two attached hydrogens (primary N) is 1. The lowest BCUT2D eigenvalue weighted by Gasteiger charge is -2.04. The van der Waals surface area contributed by atoms with Crippen LogP contribution in [0, 0.1) is 12.7 Å². The number of aromatic nitrogens is 1. The molecule has 1 heterocycles. The molecule has 0 aliphatic carbocycles. The van der Waals surface area contributed by atoms with Crippen molar-refractivity contribution in [3.8, 4) is 0 Å². The Morgan fingerprint density at radius 2 is 1.88 bits per heavy atom. The molecule has 0 aliphatic rings. The Labute approximate surface area is 134 Å². The number of carboxylic acid groups (broad SMARTS) is 1. The molecular formula is C16H13FN2O5. The number of nitrogen functional groups attached to an aromatic ring is 1. The summed E-state index contributed by atoms with van der Waals surface area (Å²) in [7, 11) is 0. The average molecular weight is 332 g/mol. The highest BCUT2D eigenvalue weighted by atomic mass is 19.1. The summed E-state index contributed by atoms with van der Waals surface area (Å²) in [6, 6.07) is 8.93. The second-order valence-electron chi connectivity index (χ2n) is 4.79. The molecule has 0 unspecified atom stereocenters. The van der Waals surface area contributed by atoms with E-state index in [0.717, 1.165) is 12.1 Å². The number of rotatable bonds is 1. The van der Waals surface area contributed by atoms with Crippen LogP contribution in [0.2, 0.25) is 0 Å². The summed E-state index contributed by atoms with van der Waals surface area (Å²) in [5.41, 5.74) is 5.36. The van der Waals surface area contributed by atoms with E-state index in [-0.39, 0.29) is 16.8 Å². The molecule has 8 heteroatoms. The summed E-state index contributed by atoms with van der Waals surface area (Å²) < 4.78 is 17.1. The van der Waals surface area contributed by atoms with Gasteiger partial charge in [0.1, 0.15) is 5.82 Å². The summed E-state index contributed by atoms with van der Waals surface area (Å²) in [5, 5.41) is 8.96. The van der Waals surface area contributed by atoms with Crippen LogP contribution in [0.5, 0.6) is 0 Å². The predicted octanol–water partition coefficient (Wildman–Crippen LogP) is 1.90. The minimum Gasteiger partial charge on any atom is -0.478 e. The van der Waals surface area contributed by atoms with Crippen LogP contribution in [0.15, 0.2) is 50.4 Å². The first-order chi connectivity index (χ1) is 11.3. The number of para-hydroxylation sites is 1. The van der Waals surface area contributed by atoms with Gasteiger partial charge in [0.2, 0.25) is 0 Å². The summed E-state index contributed by atoms with van der Waals surface area (Å²) in [6.45, 7) is 1.44. The van der Waals surface area contributed by atoms with E-state index in [0.29, 0.717) is 10.9 Å². The first kappa shape index (κ1) is 16.9. The van der Waals surface area contributed by atoms with Gasteiger partial charge < -0.3 is 15.3 Å². The Kier molecular flexibility index (Phi) is 4.78. The van der Waals surface area contributed by atoms with Crippen molar-refractivity contribution < 1.29 is 18.7 Å². The molecular weight excluding hydrogens is 319 g/mol. The number of hydrogen-bond acceptors (Lipinski definition) is 5. The van der Waals surface area contributed by atoms with Gasteiger partial charge in [0.05, 0.1) is 22.2 Å². The molecule has 0 bridgehead atoms. The van der Waals surface area contributed by atoms with Gasteiger partial charge in [-0.25, -0.2) is 18.8 Å². The van der Waals surface area contributed by atoms with Crippen LogP contribution in [0.25, 0.3) is 10.9 Å². The molecule has 0 atom stereocenters. The molecule has 0 aliphatic heterocycles. The Morgan fingerprint density at radius 1 is 1.21 bits per heavy atom. The Morgan fingerprint density at radius 3 is 2.54 bits per heavy atom. The predicted molar refractivity (Wildman–Crippen MR) is 85.6 cm³/mol. The summed E-state index contributed by atoms with van der Waals surface area (Å²) >= 11 is 0. The van der Waals surface area contributed by atoms with E-state index >= 15 is 0 Å². The quantitative estimate of drug-likeness (QED) is 0.584. The smallest absolute Gasteiger partial charge is 0.419 e. The van der Waals surface area contributed by atoms with Crippen molar-refractivity contribution in [3.05, 3.63) is 74.3 Å². The Hall–Kier alpha value is -3.42. The van der Waals surface area contributed by atoms with Crippen molar-refractivity contribution >= 4 is 22.6 Å². The van der Waals surface area contributed by atoms with Crippen LogP contribution < -0.4 is 17.1 Å². The van der Waals surface area contributed by atoms with E-state index in [1.165, 1.54) is 6.92 Å². The maximum Gasteiger partial charge on any atom is 0.419 e. The third-order valence-electron chi connectivity index (χ3n) is 3.25. The number of anilines is 1. The molecule has 4 N–H and O–H groups in total. The molecule has 3 rings (SSSR count). The van der Waals surface area contributed by atoms with Crippen LogP contribution in [0.4, 0.5) is 10.1 Å². The lowest BCUT2D eigenvalue weighted by Crippen LogP contribution is -2.13. The van der Waals surface area contributed by atoms with Gasteiger partial charge in [-0.15, -0.1) is 0 Å². The molecule has 1 aromatic heterocycles. The van der Waals surface area contributed by atoms with Gasteiger partial charge in [-0.05, 0) is 31.2 Å². The molecule has 0 saturated heterocycles. The minimum absolute atomic E-state index is 0.0116. The van der Waals surface area contributed by atoms with Crippen molar-refractivity contribution in [2.45, 2.75) is 6.92 Å². The monoisotopic (exact) mass is 332 g/mol. The van der Waals surface area contributed by atoms with Gasteiger partial charge in [0, 0.05) is 5.56 Å². The number of benzene rings is 2. The van der Waals surface area contributed by atoms with Crippen LogP contribution in [0.3, 0.4) is 0 Å². The molecule has 7 nitrogen and oxygen atoms in total. The Balaban J connectivity index is 0.000000174. The first-order valence-electron chi connectivity index (χ1n) is 6.71. The van der Waals surface area contributed by atoms with Gasteiger partial charge in [-0.2, -0.15) is 0 Å². The zero-order valence-electron chi connectivity index (χ0n) is 12.5. The van der Waals surface area contributed by atoms with Crippen molar-refractivity contribution in [2.24, 2.45) is 0 Å². The Bertz CT molecular complexity index is 1020. The maximum atomic E-state index is 12.8. The lowest BCUT2D eigenvalue weighted by molar-refractivity contribution is 0.0698. The number of nitrogens with one attached hydrogen (secondary N) is 1. The second kappa shape index (κ2) is 6.78. The van der Waals surface area contributed by atoms with E-state index in [4.69, 9.17) is 10.8 Å². The fourth-order valence-electron chi connectivity index (χ4n) is 1.93. The van der Waals surface area contributed by atoms with Crippen molar-refractivity contribution in [2.75, 3.05) is 5.73 Å². The second-order valence-corrected chi connectivity index (χ2v) is 4.79. The minimum atomic E-state index is -1.14. The normalized spacial score (nSPS) is 10.1. The van der Waals surface area contributed by atoms with E-state index in [1.54, 1.807) is 24.3 Å². The van der Waals surface area contributed by atoms with Gasteiger partial charge in [0.25, 0.3) is 0 Å². The zero-order chi connectivity index (χ0) is 17.9. The number of fused-ring (bicyclic) bond motifs is 1. The largest absolute Gasteiger partial charge is 0.478 e. The molecule has 2 aromatic carbocycles. The standard InChI is InChI=1S/C8H8FNO2.C8H5NO3/c1-4-6(9)3-2-5(7(4)10)8(11)12;10-7-5-3-1-2-4-6(5)9-8(11)12-7/h2-3H,10H2,1H3,(H,11,12);1-4H,(H,9,11). The number of hydrogen-bond donors (Lipinski definition) is 3. The van der Waals surface area contributed by atoms with Crippen LogP contribution in [0.1, 0.15) is 15.9 Å². The summed E-state index contributed by atoms with van der Waals surface area (Å²) in [4.78, 5) is 34.6. The SMILES string of the molecule is Cc1c(F)ccc(C(=O)O)c1N.O=c1[nH]c2ccccc2c(=O)o1. The van der Waals surface area contributed by atoms with Crippen molar-refractivity contribution in [1.29, 1.82) is 0 Å². The third-order valence-corrected chi connectivity index (χ3v) is 3.25. The highest BCUT2D eigenvalue weighted by molar-refractivity contribution is 5.94. The number of carboxylic acids is 1. The lowest BCUT2D eigenvalue weighted by atomic mass is 10.1. The van der Waals surface area contributed by atoms with Crippen LogP contribution in [-0.4, -0.2) is 16.1 Å². The van der Waals surface area contributed by atoms with E-state index in [9.17, 15) is 18.8 Å². The van der Waals surface area contributed by atoms with Crippen LogP contribution in [-0.2, 0) is 0 Å². The summed E-state index contributed by atoms with van der Waals surface area (Å²) in [5.74, 6) is -2.35. The van der Waals surface area contributed by atoms with Gasteiger partial charge in [0.15, 0.2) is 0 Å². The molecule has 0 fully saturated rings. The topological polar surface area (TPSA) is 126 Å². The molecule has 0 spiro atoms. The molecule has 0 amide bonds. The molecule has 124 valence electrons. The fourth-order valence-corrected chi connectivity index (χ4v) is 1.93. The number of halogens is 1. The van der Waals surface area contributed by atoms with Gasteiger partial charge >= 0.3 is 17.4 Å². The highest BCUT2D eigenvalue weighted by Crippen LogP contribution is 2.19. The number of H-pyrrole nitrogens is 1. The van der Waals surface area contributed by atoms with E-state index < -0.39 is 23.2 Å². The zero-order valence-corrected chi connectivity index (χ0v) is 12.5. The fraction of sp³-hybridized carbons (Fsp3) is 0.0625. The average Bonchev–Trinajstić information content (AvgIpc) is 2.53. The summed E-state index contributed by atoms with van der Waals surface area (Å²) in [6.07, 6.45) is 0. The molecule has 3 aromatic rings. The highest BCUT2D eigenvalue weighted by Gasteiger charge is 2.11. The van der Waals surface area contributed by atoms with Gasteiger partial charge in [-0.1, -0.05) is 12.1 Å². The molecule has 0 saturated carbocycles. The molecule has 24 heavy (non-hydrogen) atoms. The van der Waals surface area contributed by atoms with Crippen molar-refractivity contribution in [3.63, 3.8) is 0 Å². The number of aromatic amines is 1. The maximum absolute atomic E-state index is 12.8. The number of aromatic carboxylic acids is 1. The van der Waals surface area contributed by atoms with E-state index in [2.05, 4.69) is 9.40 Å². The van der Waals surface area contributed by atoms with Crippen LogP contribution >= 0.6 is 0 Å². The third kappa shape index (κ3) is 3.49. The first-order valence-corrected chi connectivity index (χ1v) is 6.71. The van der Waals surface area contributed by atoms with Gasteiger partial charge in [-0.3, -0.25) is 4.98 Å². The van der Waals surface area contributed by atoms with Crippen molar-refractivity contribution in [1.82, 2.24) is 4.98 Å². The van der Waals surface area contributed by atoms with E-state index in [1.807, 2.05) is 0 Å². The molecule has 0 radical (unpaired) electrons.